The maximum absolute atomic E-state index is 13.8. The van der Waals surface area contributed by atoms with Crippen LogP contribution in [-0.2, 0) is 6.54 Å². The van der Waals surface area contributed by atoms with Crippen LogP contribution in [0.5, 0.6) is 5.75 Å². The molecule has 0 amide bonds. The summed E-state index contributed by atoms with van der Waals surface area (Å²) in [6.07, 6.45) is 8.85. The first-order chi connectivity index (χ1) is 16.4. The summed E-state index contributed by atoms with van der Waals surface area (Å²) < 4.78 is 50.4. The SMILES string of the molecule is COc1cc(C=Cc2nnc3n2CCCC3c2cc(F)c(F)c(F)c2)ccc1-n1cnc(C)c1. The summed E-state index contributed by atoms with van der Waals surface area (Å²) in [5, 5.41) is 8.57. The van der Waals surface area contributed by atoms with E-state index in [2.05, 4.69) is 15.2 Å². The molecule has 5 rings (SSSR count). The Labute approximate surface area is 194 Å². The molecule has 4 aromatic rings. The van der Waals surface area contributed by atoms with Gasteiger partial charge in [-0.25, -0.2) is 18.2 Å². The Morgan fingerprint density at radius 2 is 1.85 bits per heavy atom. The van der Waals surface area contributed by atoms with Crippen molar-refractivity contribution in [2.75, 3.05) is 7.11 Å². The Kier molecular flexibility index (Phi) is 5.69. The number of rotatable bonds is 5. The molecule has 1 aliphatic rings. The van der Waals surface area contributed by atoms with E-state index in [0.29, 0.717) is 35.9 Å². The van der Waals surface area contributed by atoms with Crippen LogP contribution in [0.25, 0.3) is 17.8 Å². The van der Waals surface area contributed by atoms with E-state index in [4.69, 9.17) is 4.74 Å². The summed E-state index contributed by atoms with van der Waals surface area (Å²) in [5.74, 6) is -2.27. The zero-order valence-electron chi connectivity index (χ0n) is 18.7. The Hall–Kier alpha value is -3.88. The van der Waals surface area contributed by atoms with Crippen LogP contribution in [0.15, 0.2) is 42.9 Å². The van der Waals surface area contributed by atoms with E-state index in [0.717, 1.165) is 35.5 Å². The minimum Gasteiger partial charge on any atom is -0.495 e. The van der Waals surface area contributed by atoms with Crippen LogP contribution in [-0.4, -0.2) is 31.4 Å². The number of nitrogens with zero attached hydrogens (tertiary/aromatic N) is 5. The van der Waals surface area contributed by atoms with Crippen molar-refractivity contribution in [1.29, 1.82) is 0 Å². The molecule has 0 spiro atoms. The van der Waals surface area contributed by atoms with Crippen molar-refractivity contribution in [2.24, 2.45) is 0 Å². The maximum atomic E-state index is 13.8. The van der Waals surface area contributed by atoms with Gasteiger partial charge in [0.2, 0.25) is 0 Å². The number of aromatic nitrogens is 5. The molecule has 0 saturated heterocycles. The van der Waals surface area contributed by atoms with Gasteiger partial charge in [0.15, 0.2) is 23.3 Å². The minimum absolute atomic E-state index is 0.356. The van der Waals surface area contributed by atoms with Crippen molar-refractivity contribution < 1.29 is 17.9 Å². The van der Waals surface area contributed by atoms with Crippen molar-refractivity contribution in [3.63, 3.8) is 0 Å². The highest BCUT2D eigenvalue weighted by atomic mass is 19.2. The summed E-state index contributed by atoms with van der Waals surface area (Å²) in [5.41, 5.74) is 3.05. The topological polar surface area (TPSA) is 57.8 Å². The van der Waals surface area contributed by atoms with Gasteiger partial charge in [0.1, 0.15) is 11.6 Å². The number of imidazole rings is 1. The van der Waals surface area contributed by atoms with E-state index in [1.807, 2.05) is 52.6 Å². The molecule has 0 N–H and O–H groups in total. The number of ether oxygens (including phenoxy) is 1. The molecule has 0 bridgehead atoms. The molecular weight excluding hydrogens is 443 g/mol. The van der Waals surface area contributed by atoms with E-state index < -0.39 is 17.5 Å². The summed E-state index contributed by atoms with van der Waals surface area (Å²) >= 11 is 0. The zero-order chi connectivity index (χ0) is 23.8. The predicted molar refractivity (Wildman–Crippen MR) is 121 cm³/mol. The molecule has 0 radical (unpaired) electrons. The third kappa shape index (κ3) is 3.98. The Morgan fingerprint density at radius 3 is 2.56 bits per heavy atom. The maximum Gasteiger partial charge on any atom is 0.194 e. The number of hydrogen-bond acceptors (Lipinski definition) is 4. The van der Waals surface area contributed by atoms with E-state index in [-0.39, 0.29) is 5.92 Å². The molecule has 0 aliphatic carbocycles. The van der Waals surface area contributed by atoms with Crippen LogP contribution in [0.4, 0.5) is 13.2 Å². The van der Waals surface area contributed by atoms with Crippen LogP contribution < -0.4 is 4.74 Å². The van der Waals surface area contributed by atoms with Crippen molar-refractivity contribution >= 4 is 12.2 Å². The lowest BCUT2D eigenvalue weighted by atomic mass is 9.90. The highest BCUT2D eigenvalue weighted by Crippen LogP contribution is 2.34. The predicted octanol–water partition coefficient (Wildman–Crippen LogP) is 5.29. The Morgan fingerprint density at radius 1 is 1.06 bits per heavy atom. The van der Waals surface area contributed by atoms with Gasteiger partial charge in [-0.15, -0.1) is 10.2 Å². The van der Waals surface area contributed by atoms with E-state index in [1.165, 1.54) is 0 Å². The lowest BCUT2D eigenvalue weighted by Crippen LogP contribution is -2.18. The molecule has 3 heterocycles. The number of halogens is 3. The third-order valence-electron chi connectivity index (χ3n) is 6.02. The van der Waals surface area contributed by atoms with Gasteiger partial charge in [-0.3, -0.25) is 0 Å². The molecule has 9 heteroatoms. The van der Waals surface area contributed by atoms with Crippen LogP contribution in [0.3, 0.4) is 0 Å². The molecule has 2 aromatic heterocycles. The van der Waals surface area contributed by atoms with Crippen LogP contribution in [0.1, 0.15) is 47.2 Å². The van der Waals surface area contributed by atoms with Crippen molar-refractivity contribution in [3.8, 4) is 11.4 Å². The first kappa shape index (κ1) is 21.9. The van der Waals surface area contributed by atoms with Gasteiger partial charge >= 0.3 is 0 Å². The molecule has 6 nitrogen and oxygen atoms in total. The molecule has 1 aliphatic heterocycles. The molecular formula is C25H22F3N5O. The van der Waals surface area contributed by atoms with Gasteiger partial charge in [-0.05, 0) is 61.2 Å². The highest BCUT2D eigenvalue weighted by Gasteiger charge is 2.27. The number of hydrogen-bond donors (Lipinski definition) is 0. The van der Waals surface area contributed by atoms with Gasteiger partial charge in [0.05, 0.1) is 24.8 Å². The summed E-state index contributed by atoms with van der Waals surface area (Å²) in [6.45, 7) is 2.61. The number of fused-ring (bicyclic) bond motifs is 1. The lowest BCUT2D eigenvalue weighted by molar-refractivity contribution is 0.413. The first-order valence-electron chi connectivity index (χ1n) is 10.9. The van der Waals surface area contributed by atoms with E-state index >= 15 is 0 Å². The van der Waals surface area contributed by atoms with Crippen LogP contribution >= 0.6 is 0 Å². The second kappa shape index (κ2) is 8.81. The van der Waals surface area contributed by atoms with E-state index in [1.54, 1.807) is 13.4 Å². The third-order valence-corrected chi connectivity index (χ3v) is 6.02. The van der Waals surface area contributed by atoms with Crippen LogP contribution in [0.2, 0.25) is 0 Å². The lowest BCUT2D eigenvalue weighted by Gasteiger charge is -2.23. The molecule has 2 aromatic carbocycles. The number of benzene rings is 2. The number of aryl methyl sites for hydroxylation is 1. The number of methoxy groups -OCH3 is 1. The second-order valence-electron chi connectivity index (χ2n) is 8.25. The van der Waals surface area contributed by atoms with Crippen molar-refractivity contribution in [3.05, 3.63) is 88.8 Å². The fourth-order valence-electron chi connectivity index (χ4n) is 4.35. The largest absolute Gasteiger partial charge is 0.495 e. The summed E-state index contributed by atoms with van der Waals surface area (Å²) in [7, 11) is 1.62. The van der Waals surface area contributed by atoms with Crippen molar-refractivity contribution in [1.82, 2.24) is 24.3 Å². The molecule has 174 valence electrons. The fourth-order valence-corrected chi connectivity index (χ4v) is 4.35. The molecule has 0 fully saturated rings. The molecule has 1 atom stereocenters. The Bertz CT molecular complexity index is 1370. The summed E-state index contributed by atoms with van der Waals surface area (Å²) in [6, 6.07) is 7.91. The van der Waals surface area contributed by atoms with E-state index in [9.17, 15) is 13.2 Å². The highest BCUT2D eigenvalue weighted by molar-refractivity contribution is 5.69. The minimum atomic E-state index is -1.46. The Balaban J connectivity index is 1.43. The molecule has 1 unspecified atom stereocenters. The quantitative estimate of drug-likeness (QED) is 0.376. The van der Waals surface area contributed by atoms with Crippen molar-refractivity contribution in [2.45, 2.75) is 32.2 Å². The van der Waals surface area contributed by atoms with Gasteiger partial charge in [-0.2, -0.15) is 0 Å². The fraction of sp³-hybridized carbons (Fsp3) is 0.240. The zero-order valence-corrected chi connectivity index (χ0v) is 18.7. The van der Waals surface area contributed by atoms with Gasteiger partial charge in [0, 0.05) is 18.7 Å². The van der Waals surface area contributed by atoms with Gasteiger partial charge in [-0.1, -0.05) is 12.1 Å². The first-order valence-corrected chi connectivity index (χ1v) is 10.9. The summed E-state index contributed by atoms with van der Waals surface area (Å²) in [4.78, 5) is 4.26. The smallest absolute Gasteiger partial charge is 0.194 e. The molecule has 34 heavy (non-hydrogen) atoms. The second-order valence-corrected chi connectivity index (χ2v) is 8.25. The van der Waals surface area contributed by atoms with Gasteiger partial charge < -0.3 is 13.9 Å². The van der Waals surface area contributed by atoms with Crippen LogP contribution in [0, 0.1) is 24.4 Å². The normalized spacial score (nSPS) is 15.6. The monoisotopic (exact) mass is 465 g/mol. The molecule has 0 saturated carbocycles. The average Bonchev–Trinajstić information content (AvgIpc) is 3.46. The van der Waals surface area contributed by atoms with Gasteiger partial charge in [0.25, 0.3) is 0 Å². The standard InChI is InChI=1S/C25H22F3N5O/c1-15-13-32(14-29-15)21-7-5-16(10-22(21)34-2)6-8-23-30-31-25-18(4-3-9-33(23)25)17-11-19(26)24(28)20(27)12-17/h5-8,10-14,18H,3-4,9H2,1-2H3. The average molecular weight is 465 g/mol.